The molecule has 1 aromatic carbocycles. The molecule has 0 atom stereocenters. The Bertz CT molecular complexity index is 513. The average Bonchev–Trinajstić information content (AvgIpc) is 2.45. The van der Waals surface area contributed by atoms with Gasteiger partial charge in [-0.3, -0.25) is 4.79 Å². The highest BCUT2D eigenvalue weighted by Gasteiger charge is 2.33. The summed E-state index contributed by atoms with van der Waals surface area (Å²) in [6.45, 7) is 8.55. The predicted octanol–water partition coefficient (Wildman–Crippen LogP) is 3.03. The van der Waals surface area contributed by atoms with E-state index in [-0.39, 0.29) is 29.5 Å². The van der Waals surface area contributed by atoms with Gasteiger partial charge < -0.3 is 10.6 Å². The molecule has 0 spiro atoms. The zero-order valence-corrected chi connectivity index (χ0v) is 14.4. The number of hydrogen-bond acceptors (Lipinski definition) is 2. The molecular weight excluding hydrogens is 303 g/mol. The van der Waals surface area contributed by atoms with Crippen LogP contribution in [0.15, 0.2) is 24.3 Å². The predicted molar refractivity (Wildman–Crippen MR) is 89.9 cm³/mol. The monoisotopic (exact) mass is 328 g/mol. The van der Waals surface area contributed by atoms with Crippen LogP contribution in [0.3, 0.4) is 0 Å². The van der Waals surface area contributed by atoms with Crippen LogP contribution in [-0.4, -0.2) is 25.5 Å². The van der Waals surface area contributed by atoms with E-state index in [2.05, 4.69) is 17.6 Å². The minimum Gasteiger partial charge on any atom is -0.355 e. The Kier molecular flexibility index (Phi) is 6.38. The first kappa shape index (κ1) is 18.9. The maximum Gasteiger partial charge on any atom is 0.230 e. The Hall–Kier alpha value is -1.13. The topological polar surface area (TPSA) is 41.1 Å². The number of hydrogen-bond donors (Lipinski definition) is 2. The van der Waals surface area contributed by atoms with E-state index >= 15 is 0 Å². The molecule has 1 amide bonds. The van der Waals surface area contributed by atoms with Gasteiger partial charge in [-0.15, -0.1) is 12.4 Å². The molecule has 124 valence electrons. The van der Waals surface area contributed by atoms with Crippen molar-refractivity contribution in [3.63, 3.8) is 0 Å². The van der Waals surface area contributed by atoms with Crippen LogP contribution in [0.25, 0.3) is 0 Å². The Labute approximate surface area is 138 Å². The van der Waals surface area contributed by atoms with E-state index in [4.69, 9.17) is 0 Å². The van der Waals surface area contributed by atoms with Crippen molar-refractivity contribution in [2.24, 2.45) is 5.41 Å². The molecule has 3 nitrogen and oxygen atoms in total. The Balaban J connectivity index is 0.00000242. The number of carbonyl (C=O) groups is 1. The van der Waals surface area contributed by atoms with E-state index in [1.165, 1.54) is 12.1 Å². The van der Waals surface area contributed by atoms with Crippen molar-refractivity contribution >= 4 is 18.3 Å². The molecule has 0 radical (unpaired) electrons. The third-order valence-electron chi connectivity index (χ3n) is 4.60. The molecule has 1 aromatic rings. The Morgan fingerprint density at radius 2 is 2.00 bits per heavy atom. The number of benzene rings is 1. The highest BCUT2D eigenvalue weighted by molar-refractivity contribution is 5.87. The van der Waals surface area contributed by atoms with Gasteiger partial charge in [0.15, 0.2) is 0 Å². The molecule has 22 heavy (non-hydrogen) atoms. The highest BCUT2D eigenvalue weighted by atomic mass is 35.5. The summed E-state index contributed by atoms with van der Waals surface area (Å²) in [7, 11) is 0. The molecule has 0 aromatic heterocycles. The van der Waals surface area contributed by atoms with Crippen molar-refractivity contribution < 1.29 is 9.18 Å². The second kappa shape index (κ2) is 7.42. The number of halogens is 2. The normalized spacial score (nSPS) is 17.5. The minimum absolute atomic E-state index is 0. The molecule has 1 aliphatic rings. The van der Waals surface area contributed by atoms with E-state index in [0.29, 0.717) is 12.1 Å². The summed E-state index contributed by atoms with van der Waals surface area (Å²) in [5.41, 5.74) is 0.125. The zero-order valence-electron chi connectivity index (χ0n) is 13.5. The van der Waals surface area contributed by atoms with Crippen LogP contribution in [0.5, 0.6) is 0 Å². The van der Waals surface area contributed by atoms with Crippen LogP contribution in [0.2, 0.25) is 0 Å². The first-order chi connectivity index (χ1) is 9.83. The summed E-state index contributed by atoms with van der Waals surface area (Å²) >= 11 is 0. The lowest BCUT2D eigenvalue weighted by molar-refractivity contribution is -0.126. The van der Waals surface area contributed by atoms with Gasteiger partial charge in [0.1, 0.15) is 5.82 Å². The summed E-state index contributed by atoms with van der Waals surface area (Å²) in [6, 6.07) is 6.28. The maximum absolute atomic E-state index is 13.4. The second-order valence-electron chi connectivity index (χ2n) is 6.88. The summed E-state index contributed by atoms with van der Waals surface area (Å²) in [5.74, 6) is -0.355. The third-order valence-corrected chi connectivity index (χ3v) is 4.60. The van der Waals surface area contributed by atoms with E-state index in [1.807, 2.05) is 13.8 Å². The SMILES string of the molecule is CC1(CNC(=O)C(C)(C)c2cccc(F)c2)CCNCC1.Cl. The number of carbonyl (C=O) groups excluding carboxylic acids is 1. The molecule has 2 N–H and O–H groups in total. The van der Waals surface area contributed by atoms with Gasteiger partial charge in [-0.25, -0.2) is 4.39 Å². The number of nitrogens with one attached hydrogen (secondary N) is 2. The fraction of sp³-hybridized carbons (Fsp3) is 0.588. The fourth-order valence-electron chi connectivity index (χ4n) is 2.73. The molecule has 0 saturated carbocycles. The molecule has 1 heterocycles. The van der Waals surface area contributed by atoms with Gasteiger partial charge in [0.25, 0.3) is 0 Å². The Morgan fingerprint density at radius 1 is 1.36 bits per heavy atom. The molecular formula is C17H26ClFN2O. The largest absolute Gasteiger partial charge is 0.355 e. The average molecular weight is 329 g/mol. The summed E-state index contributed by atoms with van der Waals surface area (Å²) in [5, 5.41) is 6.40. The molecule has 0 bridgehead atoms. The molecule has 1 saturated heterocycles. The quantitative estimate of drug-likeness (QED) is 0.892. The smallest absolute Gasteiger partial charge is 0.230 e. The first-order valence-electron chi connectivity index (χ1n) is 7.59. The van der Waals surface area contributed by atoms with Gasteiger partial charge in [-0.1, -0.05) is 19.1 Å². The summed E-state index contributed by atoms with van der Waals surface area (Å²) in [4.78, 5) is 12.5. The van der Waals surface area contributed by atoms with Gasteiger partial charge in [0, 0.05) is 6.54 Å². The number of amides is 1. The minimum atomic E-state index is -0.731. The van der Waals surface area contributed by atoms with Gasteiger partial charge in [-0.2, -0.15) is 0 Å². The molecule has 1 fully saturated rings. The lowest BCUT2D eigenvalue weighted by atomic mass is 9.79. The van der Waals surface area contributed by atoms with Crippen LogP contribution < -0.4 is 10.6 Å². The maximum atomic E-state index is 13.4. The van der Waals surface area contributed by atoms with E-state index in [9.17, 15) is 9.18 Å². The van der Waals surface area contributed by atoms with Crippen LogP contribution in [0, 0.1) is 11.2 Å². The van der Waals surface area contributed by atoms with E-state index < -0.39 is 5.41 Å². The first-order valence-corrected chi connectivity index (χ1v) is 7.59. The van der Waals surface area contributed by atoms with Crippen molar-refractivity contribution in [2.75, 3.05) is 19.6 Å². The van der Waals surface area contributed by atoms with Crippen molar-refractivity contribution in [1.29, 1.82) is 0 Å². The summed E-state index contributed by atoms with van der Waals surface area (Å²) < 4.78 is 13.4. The molecule has 2 rings (SSSR count). The van der Waals surface area contributed by atoms with Gasteiger partial charge in [-0.05, 0) is 62.9 Å². The van der Waals surface area contributed by atoms with E-state index in [1.54, 1.807) is 12.1 Å². The lowest BCUT2D eigenvalue weighted by Gasteiger charge is -2.35. The van der Waals surface area contributed by atoms with Crippen molar-refractivity contribution in [3.8, 4) is 0 Å². The number of piperidine rings is 1. The van der Waals surface area contributed by atoms with Crippen LogP contribution in [0.1, 0.15) is 39.2 Å². The van der Waals surface area contributed by atoms with Crippen LogP contribution in [0.4, 0.5) is 4.39 Å². The van der Waals surface area contributed by atoms with Crippen molar-refractivity contribution in [2.45, 2.75) is 39.0 Å². The van der Waals surface area contributed by atoms with Gasteiger partial charge >= 0.3 is 0 Å². The molecule has 0 unspecified atom stereocenters. The second-order valence-corrected chi connectivity index (χ2v) is 6.88. The number of rotatable bonds is 4. The van der Waals surface area contributed by atoms with Crippen LogP contribution in [-0.2, 0) is 10.2 Å². The summed E-state index contributed by atoms with van der Waals surface area (Å²) in [6.07, 6.45) is 2.13. The van der Waals surface area contributed by atoms with Gasteiger partial charge in [0.2, 0.25) is 5.91 Å². The van der Waals surface area contributed by atoms with Crippen LogP contribution >= 0.6 is 12.4 Å². The molecule has 1 aliphatic heterocycles. The third kappa shape index (κ3) is 4.43. The zero-order chi connectivity index (χ0) is 15.5. The lowest BCUT2D eigenvalue weighted by Crippen LogP contribution is -2.47. The molecule has 5 heteroatoms. The van der Waals surface area contributed by atoms with Crippen molar-refractivity contribution in [1.82, 2.24) is 10.6 Å². The molecule has 0 aliphatic carbocycles. The van der Waals surface area contributed by atoms with Gasteiger partial charge in [0.05, 0.1) is 5.41 Å². The Morgan fingerprint density at radius 3 is 2.59 bits per heavy atom. The fourth-order valence-corrected chi connectivity index (χ4v) is 2.73. The standard InChI is InChI=1S/C17H25FN2O.ClH/c1-16(2,13-5-4-6-14(18)11-13)15(21)20-12-17(3)7-9-19-10-8-17;/h4-6,11,19H,7-10,12H2,1-3H3,(H,20,21);1H. The van der Waals surface area contributed by atoms with E-state index in [0.717, 1.165) is 25.9 Å². The van der Waals surface area contributed by atoms with Crippen molar-refractivity contribution in [3.05, 3.63) is 35.6 Å². The highest BCUT2D eigenvalue weighted by Crippen LogP contribution is 2.28.